The van der Waals surface area contributed by atoms with Crippen molar-refractivity contribution in [3.8, 4) is 0 Å². The Kier molecular flexibility index (Phi) is 10.2. The van der Waals surface area contributed by atoms with Crippen LogP contribution in [0.4, 0.5) is 5.95 Å². The van der Waals surface area contributed by atoms with E-state index in [1.54, 1.807) is 0 Å². The summed E-state index contributed by atoms with van der Waals surface area (Å²) in [5, 5.41) is 32.0. The largest absolute Gasteiger partial charge is 0.490 e. The molecule has 30 heteroatoms. The summed E-state index contributed by atoms with van der Waals surface area (Å²) in [5.41, 5.74) is 4.14. The van der Waals surface area contributed by atoms with E-state index in [1.165, 1.54) is 24.9 Å². The van der Waals surface area contributed by atoms with Crippen LogP contribution < -0.4 is 21.4 Å². The number of aliphatic hydroxyl groups is 3. The van der Waals surface area contributed by atoms with Gasteiger partial charge in [0.15, 0.2) is 23.7 Å². The summed E-state index contributed by atoms with van der Waals surface area (Å²) in [6, 6.07) is 0. The summed E-state index contributed by atoms with van der Waals surface area (Å²) >= 11 is 0. The normalized spacial score (nSPS) is 30.1. The standard InChI is InChI=1S/C22H30N9O18P3/c1-7-25-15-9(17(35)26-7)24-5-30(15)20-13(34)14(43-3)21(46-20)47-51(39,40)49-52(41,42)48-50(37,38)44-4-8-11(32)12(33)19(45-8)31-6-29(2)10-16(31)27-22(23)28-18(10)36/h5-6,8,11-14,19-21,32-34H,4H2,1-3H3,(H6-,23,25,26,27,28,35,36,37,38,39,40,41,42)/p+1/t8-,11+,12?,13+,14?,19-,20-,21-/m1/s1. The molecule has 10 N–H and O–H groups in total. The summed E-state index contributed by atoms with van der Waals surface area (Å²) in [6.45, 7) is 0.391. The third kappa shape index (κ3) is 7.40. The monoisotopic (exact) mass is 802 g/mol. The molecule has 0 radical (unpaired) electrons. The van der Waals surface area contributed by atoms with Crippen LogP contribution in [0.5, 0.6) is 0 Å². The maximum absolute atomic E-state index is 12.8. The number of ether oxygens (including phenoxy) is 3. The number of aromatic nitrogens is 8. The molecule has 6 heterocycles. The third-order valence-corrected chi connectivity index (χ3v) is 12.0. The lowest BCUT2D eigenvalue weighted by atomic mass is 10.1. The van der Waals surface area contributed by atoms with Gasteiger partial charge < -0.3 is 54.9 Å². The summed E-state index contributed by atoms with van der Waals surface area (Å²) in [7, 11) is -15.0. The van der Waals surface area contributed by atoms with E-state index in [-0.39, 0.29) is 34.1 Å². The average molecular weight is 802 g/mol. The van der Waals surface area contributed by atoms with Gasteiger partial charge in [-0.15, -0.1) is 0 Å². The van der Waals surface area contributed by atoms with E-state index in [1.807, 2.05) is 0 Å². The van der Waals surface area contributed by atoms with Crippen LogP contribution in [0.3, 0.4) is 0 Å². The maximum Gasteiger partial charge on any atom is 0.490 e. The van der Waals surface area contributed by atoms with E-state index in [9.17, 15) is 53.3 Å². The lowest BCUT2D eigenvalue weighted by Crippen LogP contribution is -2.34. The first-order valence-corrected chi connectivity index (χ1v) is 19.0. The molecule has 0 saturated carbocycles. The van der Waals surface area contributed by atoms with Crippen molar-refractivity contribution in [1.29, 1.82) is 0 Å². The van der Waals surface area contributed by atoms with Crippen molar-refractivity contribution in [2.75, 3.05) is 19.5 Å². The number of aliphatic hydroxyl groups excluding tert-OH is 3. The van der Waals surface area contributed by atoms with E-state index < -0.39 is 90.5 Å². The number of nitrogens with zero attached hydrogens (tertiary/aromatic N) is 6. The van der Waals surface area contributed by atoms with Gasteiger partial charge in [0.1, 0.15) is 36.3 Å². The van der Waals surface area contributed by atoms with Crippen LogP contribution in [0.1, 0.15) is 18.3 Å². The molecule has 2 fully saturated rings. The van der Waals surface area contributed by atoms with Crippen LogP contribution in [0, 0.1) is 6.92 Å². The first-order valence-electron chi connectivity index (χ1n) is 14.5. The number of hydrogen-bond acceptors (Lipinski definition) is 19. The molecule has 4 aromatic rings. The van der Waals surface area contributed by atoms with Gasteiger partial charge in [-0.05, 0) is 6.92 Å². The molecule has 2 aliphatic heterocycles. The summed E-state index contributed by atoms with van der Waals surface area (Å²) < 4.78 is 75.3. The third-order valence-electron chi connectivity index (χ3n) is 7.72. The molecule has 0 amide bonds. The van der Waals surface area contributed by atoms with E-state index in [0.717, 1.165) is 22.6 Å². The van der Waals surface area contributed by atoms with Gasteiger partial charge in [-0.1, -0.05) is 0 Å². The Morgan fingerprint density at radius 3 is 2.29 bits per heavy atom. The number of aromatic amines is 2. The minimum atomic E-state index is -6.04. The topological polar surface area (TPSA) is 381 Å². The highest BCUT2D eigenvalue weighted by atomic mass is 31.3. The van der Waals surface area contributed by atoms with Gasteiger partial charge in [0.2, 0.25) is 18.5 Å². The molecule has 0 aromatic carbocycles. The molecule has 0 spiro atoms. The van der Waals surface area contributed by atoms with E-state index in [0.29, 0.717) is 0 Å². The Bertz CT molecular complexity index is 2280. The Morgan fingerprint density at radius 2 is 1.60 bits per heavy atom. The maximum atomic E-state index is 12.8. The van der Waals surface area contributed by atoms with Gasteiger partial charge in [0.25, 0.3) is 16.7 Å². The number of H-pyrrole nitrogens is 2. The summed E-state index contributed by atoms with van der Waals surface area (Å²) in [5.74, 6) is -0.0982. The van der Waals surface area contributed by atoms with Gasteiger partial charge in [0.05, 0.1) is 20.0 Å². The van der Waals surface area contributed by atoms with Crippen LogP contribution in [-0.4, -0.2) is 115 Å². The second-order valence-corrected chi connectivity index (χ2v) is 15.9. The fraction of sp³-hybridized carbons (Fsp3) is 0.545. The van der Waals surface area contributed by atoms with Crippen molar-refractivity contribution >= 4 is 51.7 Å². The molecular weight excluding hydrogens is 771 g/mol. The molecule has 2 aliphatic rings. The first kappa shape index (κ1) is 38.4. The lowest BCUT2D eigenvalue weighted by Gasteiger charge is -2.23. The fourth-order valence-electron chi connectivity index (χ4n) is 5.58. The van der Waals surface area contributed by atoms with Gasteiger partial charge in [-0.2, -0.15) is 18.2 Å². The number of hydrogen-bond donors (Lipinski definition) is 9. The quantitative estimate of drug-likeness (QED) is 0.0503. The van der Waals surface area contributed by atoms with Crippen molar-refractivity contribution in [1.82, 2.24) is 34.1 Å². The zero-order valence-electron chi connectivity index (χ0n) is 26.7. The number of nitrogen functional groups attached to an aromatic ring is 1. The molecule has 11 atom stereocenters. The molecule has 2 saturated heterocycles. The fourth-order valence-corrected chi connectivity index (χ4v) is 9.16. The molecule has 286 valence electrons. The van der Waals surface area contributed by atoms with Crippen LogP contribution in [0.2, 0.25) is 0 Å². The van der Waals surface area contributed by atoms with Crippen LogP contribution >= 0.6 is 23.5 Å². The van der Waals surface area contributed by atoms with Crippen LogP contribution in [0.15, 0.2) is 22.2 Å². The number of nitrogens with one attached hydrogen (secondary N) is 2. The number of phosphoric ester groups is 2. The van der Waals surface area contributed by atoms with Gasteiger partial charge in [0, 0.05) is 7.11 Å². The van der Waals surface area contributed by atoms with Crippen molar-refractivity contribution in [2.24, 2.45) is 7.05 Å². The molecule has 0 bridgehead atoms. The molecule has 27 nitrogen and oxygen atoms in total. The number of methoxy groups -OCH3 is 1. The minimum Gasteiger partial charge on any atom is -0.387 e. The summed E-state index contributed by atoms with van der Waals surface area (Å²) in [4.78, 5) is 71.8. The van der Waals surface area contributed by atoms with E-state index >= 15 is 0 Å². The lowest BCUT2D eigenvalue weighted by molar-refractivity contribution is -0.646. The van der Waals surface area contributed by atoms with E-state index in [4.69, 9.17) is 24.5 Å². The smallest absolute Gasteiger partial charge is 0.387 e. The molecule has 4 aromatic heterocycles. The number of fused-ring (bicyclic) bond motifs is 2. The Hall–Kier alpha value is -3.33. The van der Waals surface area contributed by atoms with Crippen LogP contribution in [-0.2, 0) is 52.6 Å². The number of anilines is 1. The van der Waals surface area contributed by atoms with E-state index in [2.05, 4.69) is 38.1 Å². The minimum absolute atomic E-state index is 0.0153. The van der Waals surface area contributed by atoms with Gasteiger partial charge in [-0.3, -0.25) is 28.2 Å². The molecule has 5 unspecified atom stereocenters. The SMILES string of the molecule is COC1[C@@H](OP(=O)(O)OP(=O)(O)OP(=O)(O)OC[C@H]2O[C@@H](n3c[n+](C)c4c(=O)[nH]c(N)nc43)C(O)[C@H]2O)O[C@@H](n2cnc3c(=O)[nH]c(C)nc32)[C@H]1O. The van der Waals surface area contributed by atoms with Crippen molar-refractivity contribution in [3.05, 3.63) is 39.2 Å². The zero-order valence-corrected chi connectivity index (χ0v) is 29.3. The predicted octanol–water partition coefficient (Wildman–Crippen LogP) is -3.21. The highest BCUT2D eigenvalue weighted by Crippen LogP contribution is 2.68. The molecule has 52 heavy (non-hydrogen) atoms. The second-order valence-electron chi connectivity index (χ2n) is 11.3. The number of nitrogens with two attached hydrogens (primary N) is 1. The second kappa shape index (κ2) is 13.8. The average Bonchev–Trinajstić information content (AvgIpc) is 3.73. The predicted molar refractivity (Wildman–Crippen MR) is 164 cm³/mol. The molecule has 6 rings (SSSR count). The summed E-state index contributed by atoms with van der Waals surface area (Å²) in [6.07, 6.45) is -11.0. The Labute approximate surface area is 287 Å². The zero-order chi connectivity index (χ0) is 38.1. The molecule has 0 aliphatic carbocycles. The highest BCUT2D eigenvalue weighted by molar-refractivity contribution is 7.66. The van der Waals surface area contributed by atoms with Crippen molar-refractivity contribution in [3.63, 3.8) is 0 Å². The number of imidazole rings is 2. The number of aryl methyl sites for hydroxylation is 2. The first-order chi connectivity index (χ1) is 24.2. The number of rotatable bonds is 12. The number of phosphoric acid groups is 3. The van der Waals surface area contributed by atoms with Gasteiger partial charge in [-0.25, -0.2) is 28.2 Å². The van der Waals surface area contributed by atoms with Crippen molar-refractivity contribution < 1.29 is 80.1 Å². The Morgan fingerprint density at radius 1 is 0.923 bits per heavy atom. The van der Waals surface area contributed by atoms with Crippen LogP contribution in [0.25, 0.3) is 22.3 Å². The van der Waals surface area contributed by atoms with Gasteiger partial charge >= 0.3 is 29.0 Å². The highest BCUT2D eigenvalue weighted by Gasteiger charge is 2.52. The molecular formula is C22H31N9O18P3+. The Balaban J connectivity index is 1.09. The van der Waals surface area contributed by atoms with Crippen molar-refractivity contribution in [2.45, 2.75) is 56.2 Å².